The van der Waals surface area contributed by atoms with Crippen LogP contribution in [0.1, 0.15) is 24.0 Å². The van der Waals surface area contributed by atoms with Gasteiger partial charge in [0.25, 0.3) is 0 Å². The first-order valence-corrected chi connectivity index (χ1v) is 10.5. The predicted molar refractivity (Wildman–Crippen MR) is 116 cm³/mol. The average Bonchev–Trinajstić information content (AvgIpc) is 3.18. The Morgan fingerprint density at radius 1 is 1.00 bits per heavy atom. The van der Waals surface area contributed by atoms with Crippen LogP contribution in [0, 0.1) is 11.7 Å². The summed E-state index contributed by atoms with van der Waals surface area (Å²) in [5.74, 6) is 1.10. The van der Waals surface area contributed by atoms with Crippen molar-refractivity contribution >= 4 is 11.7 Å². The Bertz CT molecular complexity index is 947. The highest BCUT2D eigenvalue weighted by molar-refractivity contribution is 5.91. The van der Waals surface area contributed by atoms with E-state index in [4.69, 9.17) is 0 Å². The molecule has 156 valence electrons. The highest BCUT2D eigenvalue weighted by Gasteiger charge is 2.21. The van der Waals surface area contributed by atoms with Crippen LogP contribution in [-0.4, -0.2) is 40.2 Å². The maximum absolute atomic E-state index is 13.1. The van der Waals surface area contributed by atoms with Crippen molar-refractivity contribution in [1.82, 2.24) is 14.7 Å². The molecule has 4 rings (SSSR count). The summed E-state index contributed by atoms with van der Waals surface area (Å²) in [5.41, 5.74) is 2.32. The van der Waals surface area contributed by atoms with Gasteiger partial charge in [-0.3, -0.25) is 9.69 Å². The van der Waals surface area contributed by atoms with Crippen molar-refractivity contribution in [2.24, 2.45) is 5.92 Å². The fourth-order valence-corrected chi connectivity index (χ4v) is 4.01. The molecule has 0 bridgehead atoms. The molecular formula is C24H27FN4O. The molecule has 0 spiro atoms. The van der Waals surface area contributed by atoms with Crippen LogP contribution >= 0.6 is 0 Å². The van der Waals surface area contributed by atoms with E-state index in [-0.39, 0.29) is 11.7 Å². The normalized spacial score (nSPS) is 15.2. The fraction of sp³-hybridized carbons (Fsp3) is 0.333. The molecule has 1 aliphatic heterocycles. The second-order valence-electron chi connectivity index (χ2n) is 7.96. The van der Waals surface area contributed by atoms with Gasteiger partial charge < -0.3 is 5.32 Å². The van der Waals surface area contributed by atoms with E-state index in [1.807, 2.05) is 53.2 Å². The topological polar surface area (TPSA) is 50.2 Å². The second kappa shape index (κ2) is 9.67. The van der Waals surface area contributed by atoms with E-state index in [9.17, 15) is 9.18 Å². The van der Waals surface area contributed by atoms with Crippen LogP contribution in [0.3, 0.4) is 0 Å². The van der Waals surface area contributed by atoms with Crippen LogP contribution in [0.25, 0.3) is 0 Å². The van der Waals surface area contributed by atoms with E-state index in [0.29, 0.717) is 19.0 Å². The summed E-state index contributed by atoms with van der Waals surface area (Å²) in [6, 6.07) is 18.7. The van der Waals surface area contributed by atoms with Crippen molar-refractivity contribution < 1.29 is 9.18 Å². The lowest BCUT2D eigenvalue weighted by Gasteiger charge is -2.31. The van der Waals surface area contributed by atoms with E-state index in [2.05, 4.69) is 15.3 Å². The first kappa shape index (κ1) is 20.3. The van der Waals surface area contributed by atoms with Crippen molar-refractivity contribution in [3.63, 3.8) is 0 Å². The number of carbonyl (C=O) groups excluding carboxylic acids is 1. The minimum Gasteiger partial charge on any atom is -0.310 e. The number of carbonyl (C=O) groups is 1. The third-order valence-corrected chi connectivity index (χ3v) is 5.67. The Hall–Kier alpha value is -2.99. The number of hydrogen-bond acceptors (Lipinski definition) is 3. The van der Waals surface area contributed by atoms with Gasteiger partial charge in [-0.15, -0.1) is 0 Å². The summed E-state index contributed by atoms with van der Waals surface area (Å²) in [5, 5.41) is 7.33. The number of piperidine rings is 1. The monoisotopic (exact) mass is 406 g/mol. The van der Waals surface area contributed by atoms with Gasteiger partial charge in [0.15, 0.2) is 0 Å². The van der Waals surface area contributed by atoms with Crippen LogP contribution in [0.15, 0.2) is 66.9 Å². The molecule has 0 atom stereocenters. The van der Waals surface area contributed by atoms with Crippen molar-refractivity contribution in [2.75, 3.05) is 25.0 Å². The van der Waals surface area contributed by atoms with E-state index in [0.717, 1.165) is 43.7 Å². The molecule has 0 aliphatic carbocycles. The van der Waals surface area contributed by atoms with Gasteiger partial charge in [-0.25, -0.2) is 9.07 Å². The molecule has 2 aromatic carbocycles. The molecule has 5 nitrogen and oxygen atoms in total. The summed E-state index contributed by atoms with van der Waals surface area (Å²) in [4.78, 5) is 14.8. The molecule has 1 N–H and O–H groups in total. The zero-order valence-electron chi connectivity index (χ0n) is 17.0. The van der Waals surface area contributed by atoms with Crippen molar-refractivity contribution in [3.05, 3.63) is 83.8 Å². The molecule has 1 saturated heterocycles. The minimum atomic E-state index is -0.190. The van der Waals surface area contributed by atoms with Crippen LogP contribution in [0.2, 0.25) is 0 Å². The highest BCUT2D eigenvalue weighted by atomic mass is 19.1. The van der Waals surface area contributed by atoms with Gasteiger partial charge in [-0.2, -0.15) is 5.10 Å². The van der Waals surface area contributed by atoms with E-state index in [1.54, 1.807) is 6.20 Å². The van der Waals surface area contributed by atoms with Crippen molar-refractivity contribution in [3.8, 4) is 0 Å². The molecule has 1 aliphatic rings. The molecule has 2 heterocycles. The molecule has 30 heavy (non-hydrogen) atoms. The average molecular weight is 407 g/mol. The molecule has 1 fully saturated rings. The lowest BCUT2D eigenvalue weighted by Crippen LogP contribution is -2.39. The Labute approximate surface area is 176 Å². The number of nitrogens with zero attached hydrogens (tertiary/aromatic N) is 3. The Morgan fingerprint density at radius 2 is 1.73 bits per heavy atom. The maximum atomic E-state index is 13.1. The van der Waals surface area contributed by atoms with E-state index >= 15 is 0 Å². The first-order chi connectivity index (χ1) is 14.7. The lowest BCUT2D eigenvalue weighted by atomic mass is 9.90. The standard InChI is InChI=1S/C24H27FN4O/c25-22-8-6-19(7-9-22)16-20-11-14-28(15-12-20)18-24(30)27-23-10-13-26-29(23)17-21-4-2-1-3-5-21/h1-10,13,20H,11-12,14-18H2,(H,27,30). The van der Waals surface area contributed by atoms with E-state index in [1.165, 1.54) is 17.7 Å². The number of hydrogen-bond donors (Lipinski definition) is 1. The number of likely N-dealkylation sites (tertiary alicyclic amines) is 1. The van der Waals surface area contributed by atoms with Gasteiger partial charge in [0.1, 0.15) is 11.6 Å². The SMILES string of the molecule is O=C(CN1CCC(Cc2ccc(F)cc2)CC1)Nc1ccnn1Cc1ccccc1. The largest absolute Gasteiger partial charge is 0.310 e. The number of aromatic nitrogens is 2. The fourth-order valence-electron chi connectivity index (χ4n) is 4.01. The molecular weight excluding hydrogens is 379 g/mol. The molecule has 6 heteroatoms. The Kier molecular flexibility index (Phi) is 6.54. The molecule has 1 amide bonds. The number of amides is 1. The van der Waals surface area contributed by atoms with E-state index < -0.39 is 0 Å². The van der Waals surface area contributed by atoms with Gasteiger partial charge in [-0.05, 0) is 61.5 Å². The predicted octanol–water partition coefficient (Wildman–Crippen LogP) is 3.96. The van der Waals surface area contributed by atoms with Gasteiger partial charge in [0, 0.05) is 6.07 Å². The summed E-state index contributed by atoms with van der Waals surface area (Å²) < 4.78 is 14.9. The van der Waals surface area contributed by atoms with Gasteiger partial charge in [0.05, 0.1) is 19.3 Å². The van der Waals surface area contributed by atoms with Crippen LogP contribution in [0.4, 0.5) is 10.2 Å². The molecule has 0 saturated carbocycles. The Balaban J connectivity index is 1.24. The summed E-state index contributed by atoms with van der Waals surface area (Å²) in [6.45, 7) is 2.82. The Morgan fingerprint density at radius 3 is 2.47 bits per heavy atom. The zero-order valence-corrected chi connectivity index (χ0v) is 17.0. The second-order valence-corrected chi connectivity index (χ2v) is 7.96. The maximum Gasteiger partial charge on any atom is 0.239 e. The highest BCUT2D eigenvalue weighted by Crippen LogP contribution is 2.22. The minimum absolute atomic E-state index is 0.0122. The van der Waals surface area contributed by atoms with Gasteiger partial charge in [-0.1, -0.05) is 42.5 Å². The van der Waals surface area contributed by atoms with Crippen LogP contribution in [0.5, 0.6) is 0 Å². The molecule has 3 aromatic rings. The third-order valence-electron chi connectivity index (χ3n) is 5.67. The van der Waals surface area contributed by atoms with Gasteiger partial charge >= 0.3 is 0 Å². The molecule has 1 aromatic heterocycles. The number of halogens is 1. The van der Waals surface area contributed by atoms with Crippen molar-refractivity contribution in [1.29, 1.82) is 0 Å². The zero-order chi connectivity index (χ0) is 20.8. The quantitative estimate of drug-likeness (QED) is 0.646. The van der Waals surface area contributed by atoms with Crippen LogP contribution in [-0.2, 0) is 17.8 Å². The third kappa shape index (κ3) is 5.54. The van der Waals surface area contributed by atoms with Crippen LogP contribution < -0.4 is 5.32 Å². The summed E-state index contributed by atoms with van der Waals surface area (Å²) in [6.07, 6.45) is 4.78. The molecule has 0 radical (unpaired) electrons. The summed E-state index contributed by atoms with van der Waals surface area (Å²) in [7, 11) is 0. The number of rotatable bonds is 7. The lowest BCUT2D eigenvalue weighted by molar-refractivity contribution is -0.117. The molecule has 0 unspecified atom stereocenters. The first-order valence-electron chi connectivity index (χ1n) is 10.5. The smallest absolute Gasteiger partial charge is 0.239 e. The number of benzene rings is 2. The van der Waals surface area contributed by atoms with Gasteiger partial charge in [0.2, 0.25) is 5.91 Å². The number of nitrogens with one attached hydrogen (secondary N) is 1. The summed E-state index contributed by atoms with van der Waals surface area (Å²) >= 11 is 0. The number of anilines is 1. The van der Waals surface area contributed by atoms with Crippen molar-refractivity contribution in [2.45, 2.75) is 25.8 Å².